The molecular formula is C24H19IN2O3S. The second kappa shape index (κ2) is 9.07. The summed E-state index contributed by atoms with van der Waals surface area (Å²) in [5.74, 6) is 0.269. The standard InChI is InChI=1S/C24H19IN2O3S/c1-30-17-13-12-16(19(25)23(17)29)21-18(22(28)15-10-6-3-7-11-15)20(26-24(31)27-21)14-8-4-2-5-9-14/h2-13,21,29H,1H3,(H2,26,27,31). The molecule has 0 aliphatic carbocycles. The number of nitrogens with one attached hydrogen (secondary N) is 2. The Balaban J connectivity index is 1.96. The van der Waals surface area contributed by atoms with Crippen LogP contribution in [0.2, 0.25) is 0 Å². The number of hydrogen-bond acceptors (Lipinski definition) is 4. The third-order valence-corrected chi connectivity index (χ3v) is 6.41. The van der Waals surface area contributed by atoms with Gasteiger partial charge < -0.3 is 20.5 Å². The Kier molecular flexibility index (Phi) is 6.24. The van der Waals surface area contributed by atoms with Crippen molar-refractivity contribution in [2.45, 2.75) is 6.04 Å². The van der Waals surface area contributed by atoms with Gasteiger partial charge in [-0.15, -0.1) is 0 Å². The normalized spacial score (nSPS) is 15.8. The van der Waals surface area contributed by atoms with Crippen LogP contribution in [0.15, 0.2) is 78.4 Å². The first-order chi connectivity index (χ1) is 15.0. The fourth-order valence-electron chi connectivity index (χ4n) is 3.57. The van der Waals surface area contributed by atoms with Gasteiger partial charge in [-0.25, -0.2) is 0 Å². The molecule has 5 nitrogen and oxygen atoms in total. The molecule has 0 amide bonds. The molecule has 3 aromatic rings. The maximum atomic E-state index is 13.7. The van der Waals surface area contributed by atoms with E-state index in [2.05, 4.69) is 33.2 Å². The zero-order chi connectivity index (χ0) is 22.0. The van der Waals surface area contributed by atoms with Crippen LogP contribution in [-0.2, 0) is 0 Å². The summed E-state index contributed by atoms with van der Waals surface area (Å²) >= 11 is 7.55. The number of phenols is 1. The van der Waals surface area contributed by atoms with Crippen molar-refractivity contribution in [3.63, 3.8) is 0 Å². The molecule has 0 aromatic heterocycles. The van der Waals surface area contributed by atoms with E-state index in [1.54, 1.807) is 18.2 Å². The van der Waals surface area contributed by atoms with Crippen LogP contribution in [0.4, 0.5) is 0 Å². The van der Waals surface area contributed by atoms with Crippen molar-refractivity contribution in [1.82, 2.24) is 10.6 Å². The summed E-state index contributed by atoms with van der Waals surface area (Å²) in [4.78, 5) is 13.7. The first-order valence-corrected chi connectivity index (χ1v) is 11.0. The van der Waals surface area contributed by atoms with E-state index in [1.165, 1.54) is 7.11 Å². The van der Waals surface area contributed by atoms with E-state index < -0.39 is 6.04 Å². The number of ether oxygens (including phenoxy) is 1. The molecule has 1 heterocycles. The number of rotatable bonds is 5. The van der Waals surface area contributed by atoms with Crippen LogP contribution in [0.25, 0.3) is 5.70 Å². The number of halogens is 1. The lowest BCUT2D eigenvalue weighted by Gasteiger charge is -2.32. The van der Waals surface area contributed by atoms with Gasteiger partial charge in [0.15, 0.2) is 22.4 Å². The largest absolute Gasteiger partial charge is 0.504 e. The minimum Gasteiger partial charge on any atom is -0.504 e. The van der Waals surface area contributed by atoms with E-state index in [-0.39, 0.29) is 11.5 Å². The number of ketones is 1. The number of phenolic OH excluding ortho intramolecular Hbond substituents is 1. The Morgan fingerprint density at radius 1 is 1.03 bits per heavy atom. The molecule has 31 heavy (non-hydrogen) atoms. The highest BCUT2D eigenvalue weighted by Gasteiger charge is 2.34. The summed E-state index contributed by atoms with van der Waals surface area (Å²) in [6.07, 6.45) is 0. The van der Waals surface area contributed by atoms with Crippen LogP contribution in [0.5, 0.6) is 11.5 Å². The van der Waals surface area contributed by atoms with Crippen molar-refractivity contribution >= 4 is 51.4 Å². The van der Waals surface area contributed by atoms with Gasteiger partial charge in [0, 0.05) is 5.56 Å². The predicted molar refractivity (Wildman–Crippen MR) is 133 cm³/mol. The van der Waals surface area contributed by atoms with Crippen LogP contribution < -0.4 is 15.4 Å². The summed E-state index contributed by atoms with van der Waals surface area (Å²) in [6.45, 7) is 0. The second-order valence-electron chi connectivity index (χ2n) is 6.90. The number of carbonyl (C=O) groups excluding carboxylic acids is 1. The molecule has 0 bridgehead atoms. The van der Waals surface area contributed by atoms with Gasteiger partial charge in [-0.1, -0.05) is 66.7 Å². The van der Waals surface area contributed by atoms with Crippen LogP contribution >= 0.6 is 34.8 Å². The lowest BCUT2D eigenvalue weighted by Crippen LogP contribution is -2.45. The summed E-state index contributed by atoms with van der Waals surface area (Å²) in [7, 11) is 1.50. The van der Waals surface area contributed by atoms with Gasteiger partial charge in [0.1, 0.15) is 0 Å². The zero-order valence-corrected chi connectivity index (χ0v) is 19.5. The van der Waals surface area contributed by atoms with Crippen molar-refractivity contribution in [1.29, 1.82) is 0 Å². The highest BCUT2D eigenvalue weighted by Crippen LogP contribution is 2.40. The van der Waals surface area contributed by atoms with Gasteiger partial charge in [0.25, 0.3) is 0 Å². The quantitative estimate of drug-likeness (QED) is 0.244. The van der Waals surface area contributed by atoms with Crippen molar-refractivity contribution < 1.29 is 14.6 Å². The average Bonchev–Trinajstić information content (AvgIpc) is 2.81. The predicted octanol–water partition coefficient (Wildman–Crippen LogP) is 4.82. The first-order valence-electron chi connectivity index (χ1n) is 9.53. The fraction of sp³-hybridized carbons (Fsp3) is 0.0833. The molecular weight excluding hydrogens is 523 g/mol. The van der Waals surface area contributed by atoms with E-state index in [1.807, 2.05) is 54.6 Å². The number of Topliss-reactive ketones (excluding diaryl/α,β-unsaturated/α-hetero) is 1. The van der Waals surface area contributed by atoms with Gasteiger partial charge in [-0.2, -0.15) is 0 Å². The fourth-order valence-corrected chi connectivity index (χ4v) is 4.55. The van der Waals surface area contributed by atoms with E-state index >= 15 is 0 Å². The highest BCUT2D eigenvalue weighted by atomic mass is 127. The summed E-state index contributed by atoms with van der Waals surface area (Å²) < 4.78 is 5.82. The SMILES string of the molecule is COc1ccc(C2NC(=S)NC(c3ccccc3)=C2C(=O)c2ccccc2)c(I)c1O. The average molecular weight is 542 g/mol. The first kappa shape index (κ1) is 21.3. The summed E-state index contributed by atoms with van der Waals surface area (Å²) in [5, 5.41) is 17.4. The smallest absolute Gasteiger partial charge is 0.193 e. The van der Waals surface area contributed by atoms with Crippen LogP contribution in [-0.4, -0.2) is 23.1 Å². The molecule has 0 radical (unpaired) electrons. The van der Waals surface area contributed by atoms with Crippen molar-refractivity contribution in [3.8, 4) is 11.5 Å². The van der Waals surface area contributed by atoms with E-state index in [0.717, 1.165) is 11.1 Å². The third kappa shape index (κ3) is 4.15. The zero-order valence-electron chi connectivity index (χ0n) is 16.6. The summed E-state index contributed by atoms with van der Waals surface area (Å²) in [6, 6.07) is 21.7. The van der Waals surface area contributed by atoms with Crippen molar-refractivity contribution in [3.05, 3.63) is 98.6 Å². The Hall–Kier alpha value is -2.91. The van der Waals surface area contributed by atoms with E-state index in [4.69, 9.17) is 17.0 Å². The summed E-state index contributed by atoms with van der Waals surface area (Å²) in [5.41, 5.74) is 3.32. The molecule has 3 aromatic carbocycles. The van der Waals surface area contributed by atoms with Gasteiger partial charge in [0.2, 0.25) is 0 Å². The Labute approximate surface area is 199 Å². The molecule has 156 valence electrons. The molecule has 7 heteroatoms. The minimum atomic E-state index is -0.555. The highest BCUT2D eigenvalue weighted by molar-refractivity contribution is 14.1. The number of hydrogen-bond donors (Lipinski definition) is 3. The molecule has 0 spiro atoms. The number of carbonyl (C=O) groups is 1. The molecule has 0 fully saturated rings. The second-order valence-corrected chi connectivity index (χ2v) is 8.39. The topological polar surface area (TPSA) is 70.6 Å². The molecule has 4 rings (SSSR count). The monoisotopic (exact) mass is 542 g/mol. The van der Waals surface area contributed by atoms with E-state index in [0.29, 0.717) is 31.3 Å². The lowest BCUT2D eigenvalue weighted by atomic mass is 9.87. The van der Waals surface area contributed by atoms with Crippen LogP contribution in [0.3, 0.4) is 0 Å². The lowest BCUT2D eigenvalue weighted by molar-refractivity contribution is 0.102. The number of benzene rings is 3. The van der Waals surface area contributed by atoms with Crippen LogP contribution in [0.1, 0.15) is 27.5 Å². The molecule has 1 aliphatic rings. The third-order valence-electron chi connectivity index (χ3n) is 5.05. The van der Waals surface area contributed by atoms with Gasteiger partial charge in [-0.3, -0.25) is 4.79 Å². The van der Waals surface area contributed by atoms with Crippen molar-refractivity contribution in [2.24, 2.45) is 0 Å². The number of thiocarbonyl (C=S) groups is 1. The Morgan fingerprint density at radius 3 is 2.32 bits per heavy atom. The minimum absolute atomic E-state index is 0.0274. The maximum Gasteiger partial charge on any atom is 0.193 e. The van der Waals surface area contributed by atoms with Gasteiger partial charge in [0.05, 0.1) is 28.0 Å². The molecule has 0 saturated carbocycles. The van der Waals surface area contributed by atoms with Crippen LogP contribution in [0, 0.1) is 3.57 Å². The molecule has 1 aliphatic heterocycles. The molecule has 3 N–H and O–H groups in total. The maximum absolute atomic E-state index is 13.7. The molecule has 1 unspecified atom stereocenters. The number of methoxy groups -OCH3 is 1. The molecule has 0 saturated heterocycles. The van der Waals surface area contributed by atoms with Gasteiger partial charge >= 0.3 is 0 Å². The molecule has 1 atom stereocenters. The Morgan fingerprint density at radius 2 is 1.68 bits per heavy atom. The van der Waals surface area contributed by atoms with Gasteiger partial charge in [-0.05, 0) is 52.0 Å². The number of aromatic hydroxyl groups is 1. The van der Waals surface area contributed by atoms with Crippen molar-refractivity contribution in [2.75, 3.05) is 7.11 Å². The Bertz CT molecular complexity index is 1180. The van der Waals surface area contributed by atoms with E-state index in [9.17, 15) is 9.90 Å².